The lowest BCUT2D eigenvalue weighted by Crippen LogP contribution is -2.46. The third-order valence-electron chi connectivity index (χ3n) is 3.41. The Morgan fingerprint density at radius 1 is 1.30 bits per heavy atom. The molecule has 1 heterocycles. The average Bonchev–Trinajstić information content (AvgIpc) is 2.46. The molecule has 1 aromatic rings. The molecule has 4 heteroatoms. The highest BCUT2D eigenvalue weighted by Crippen LogP contribution is 2.21. The van der Waals surface area contributed by atoms with Crippen molar-refractivity contribution < 1.29 is 9.53 Å². The zero-order valence-electron chi connectivity index (χ0n) is 12.4. The summed E-state index contributed by atoms with van der Waals surface area (Å²) >= 11 is 0. The fourth-order valence-corrected chi connectivity index (χ4v) is 2.39. The number of para-hydroxylation sites is 1. The van der Waals surface area contributed by atoms with Crippen molar-refractivity contribution in [3.63, 3.8) is 0 Å². The van der Waals surface area contributed by atoms with E-state index in [-0.39, 0.29) is 12.0 Å². The fraction of sp³-hybridized carbons (Fsp3) is 0.562. The van der Waals surface area contributed by atoms with Gasteiger partial charge in [0.2, 0.25) is 5.91 Å². The minimum atomic E-state index is 0.153. The molecule has 1 aromatic carbocycles. The third kappa shape index (κ3) is 4.23. The normalized spacial score (nSPS) is 15.4. The van der Waals surface area contributed by atoms with Gasteiger partial charge in [-0.05, 0) is 31.9 Å². The molecule has 2 rings (SSSR count). The van der Waals surface area contributed by atoms with Gasteiger partial charge in [0.25, 0.3) is 0 Å². The molecule has 20 heavy (non-hydrogen) atoms. The topological polar surface area (TPSA) is 41.6 Å². The van der Waals surface area contributed by atoms with Gasteiger partial charge in [-0.15, -0.1) is 0 Å². The molecule has 0 aliphatic carbocycles. The van der Waals surface area contributed by atoms with Crippen LogP contribution in [0.2, 0.25) is 0 Å². The van der Waals surface area contributed by atoms with Crippen LogP contribution < -0.4 is 10.1 Å². The summed E-state index contributed by atoms with van der Waals surface area (Å²) in [7, 11) is 0. The first-order valence-electron chi connectivity index (χ1n) is 7.40. The number of carbonyl (C=O) groups is 1. The minimum Gasteiger partial charge on any atom is -0.491 e. The maximum absolute atomic E-state index is 12.2. The molecule has 4 nitrogen and oxygen atoms in total. The Hall–Kier alpha value is -1.55. The van der Waals surface area contributed by atoms with Gasteiger partial charge in [-0.1, -0.05) is 18.2 Å². The average molecular weight is 276 g/mol. The van der Waals surface area contributed by atoms with Gasteiger partial charge >= 0.3 is 0 Å². The molecule has 0 atom stereocenters. The smallest absolute Gasteiger partial charge is 0.222 e. The van der Waals surface area contributed by atoms with Crippen molar-refractivity contribution in [2.45, 2.75) is 32.8 Å². The van der Waals surface area contributed by atoms with Crippen molar-refractivity contribution in [1.82, 2.24) is 10.2 Å². The molecule has 0 bridgehead atoms. The Bertz CT molecular complexity index is 440. The quantitative estimate of drug-likeness (QED) is 0.892. The third-order valence-corrected chi connectivity index (χ3v) is 3.41. The van der Waals surface area contributed by atoms with Gasteiger partial charge in [-0.2, -0.15) is 0 Å². The zero-order valence-corrected chi connectivity index (χ0v) is 12.4. The van der Waals surface area contributed by atoms with Crippen LogP contribution in [-0.4, -0.2) is 43.1 Å². The van der Waals surface area contributed by atoms with Crippen molar-refractivity contribution in [2.75, 3.05) is 26.2 Å². The van der Waals surface area contributed by atoms with Gasteiger partial charge in [0, 0.05) is 32.6 Å². The van der Waals surface area contributed by atoms with Crippen molar-refractivity contribution in [3.8, 4) is 5.75 Å². The predicted octanol–water partition coefficient (Wildman–Crippen LogP) is 1.84. The number of nitrogens with one attached hydrogen (secondary N) is 1. The second kappa shape index (κ2) is 7.29. The molecule has 0 saturated carbocycles. The molecule has 1 fully saturated rings. The first-order valence-corrected chi connectivity index (χ1v) is 7.40. The first kappa shape index (κ1) is 14.9. The van der Waals surface area contributed by atoms with E-state index in [1.54, 1.807) is 0 Å². The number of hydrogen-bond acceptors (Lipinski definition) is 3. The summed E-state index contributed by atoms with van der Waals surface area (Å²) < 4.78 is 5.79. The predicted molar refractivity (Wildman–Crippen MR) is 80.0 cm³/mol. The molecule has 1 N–H and O–H groups in total. The number of aryl methyl sites for hydroxylation is 1. The Labute approximate surface area is 121 Å². The van der Waals surface area contributed by atoms with E-state index < -0.39 is 0 Å². The van der Waals surface area contributed by atoms with Crippen LogP contribution in [0.25, 0.3) is 0 Å². The molecule has 1 aliphatic rings. The number of carbonyl (C=O) groups excluding carboxylic acids is 1. The summed E-state index contributed by atoms with van der Waals surface area (Å²) in [6.45, 7) is 7.48. The van der Waals surface area contributed by atoms with Crippen molar-refractivity contribution in [3.05, 3.63) is 29.8 Å². The number of rotatable bonds is 5. The molecule has 0 aromatic heterocycles. The molecule has 0 unspecified atom stereocenters. The Morgan fingerprint density at radius 3 is 2.70 bits per heavy atom. The Kier molecular flexibility index (Phi) is 5.41. The van der Waals surface area contributed by atoms with Crippen LogP contribution in [0, 0.1) is 0 Å². The van der Waals surface area contributed by atoms with E-state index in [4.69, 9.17) is 4.74 Å². The standard InChI is InChI=1S/C16H24N2O2/c1-13(2)20-15-6-4-3-5-14(15)7-8-16(19)18-11-9-17-10-12-18/h3-6,13,17H,7-12H2,1-2H3. The van der Waals surface area contributed by atoms with E-state index in [1.807, 2.05) is 43.0 Å². The van der Waals surface area contributed by atoms with E-state index in [9.17, 15) is 4.79 Å². The zero-order chi connectivity index (χ0) is 14.4. The summed E-state index contributed by atoms with van der Waals surface area (Å²) in [5.74, 6) is 1.14. The molecule has 1 saturated heterocycles. The largest absolute Gasteiger partial charge is 0.491 e. The van der Waals surface area contributed by atoms with Gasteiger partial charge in [0.05, 0.1) is 6.10 Å². The fourth-order valence-electron chi connectivity index (χ4n) is 2.39. The van der Waals surface area contributed by atoms with Crippen molar-refractivity contribution >= 4 is 5.91 Å². The minimum absolute atomic E-state index is 0.153. The molecule has 110 valence electrons. The number of nitrogens with zero attached hydrogens (tertiary/aromatic N) is 1. The van der Waals surface area contributed by atoms with Crippen molar-refractivity contribution in [2.24, 2.45) is 0 Å². The van der Waals surface area contributed by atoms with E-state index in [2.05, 4.69) is 5.32 Å². The number of ether oxygens (including phenoxy) is 1. The molecular weight excluding hydrogens is 252 g/mol. The lowest BCUT2D eigenvalue weighted by Gasteiger charge is -2.27. The van der Waals surface area contributed by atoms with Crippen LogP contribution in [0.3, 0.4) is 0 Å². The van der Waals surface area contributed by atoms with E-state index in [0.717, 1.165) is 43.9 Å². The summed E-state index contributed by atoms with van der Waals surface area (Å²) in [6, 6.07) is 7.99. The van der Waals surface area contributed by atoms with Gasteiger partial charge in [0.15, 0.2) is 0 Å². The Morgan fingerprint density at radius 2 is 2.00 bits per heavy atom. The first-order chi connectivity index (χ1) is 9.66. The molecule has 0 radical (unpaired) electrons. The van der Waals surface area contributed by atoms with Gasteiger partial charge in [0.1, 0.15) is 5.75 Å². The summed E-state index contributed by atoms with van der Waals surface area (Å²) in [4.78, 5) is 14.1. The number of piperazine rings is 1. The Balaban J connectivity index is 1.91. The van der Waals surface area contributed by atoms with Crippen LogP contribution in [0.4, 0.5) is 0 Å². The number of hydrogen-bond donors (Lipinski definition) is 1. The van der Waals surface area contributed by atoms with Crippen molar-refractivity contribution in [1.29, 1.82) is 0 Å². The summed E-state index contributed by atoms with van der Waals surface area (Å²) in [5, 5.41) is 3.26. The van der Waals surface area contributed by atoms with Crippen LogP contribution in [0.5, 0.6) is 5.75 Å². The second-order valence-corrected chi connectivity index (χ2v) is 5.41. The SMILES string of the molecule is CC(C)Oc1ccccc1CCC(=O)N1CCNCC1. The molecule has 0 spiro atoms. The monoisotopic (exact) mass is 276 g/mol. The van der Waals surface area contributed by atoms with Crippen LogP contribution >= 0.6 is 0 Å². The highest BCUT2D eigenvalue weighted by atomic mass is 16.5. The lowest BCUT2D eigenvalue weighted by atomic mass is 10.1. The van der Waals surface area contributed by atoms with E-state index in [1.165, 1.54) is 0 Å². The lowest BCUT2D eigenvalue weighted by molar-refractivity contribution is -0.131. The van der Waals surface area contributed by atoms with Gasteiger partial charge in [-0.3, -0.25) is 4.79 Å². The van der Waals surface area contributed by atoms with Gasteiger partial charge < -0.3 is 15.0 Å². The highest BCUT2D eigenvalue weighted by Gasteiger charge is 2.16. The summed E-state index contributed by atoms with van der Waals surface area (Å²) in [6.07, 6.45) is 1.45. The van der Waals surface area contributed by atoms with E-state index >= 15 is 0 Å². The number of benzene rings is 1. The maximum atomic E-state index is 12.2. The van der Waals surface area contributed by atoms with Crippen LogP contribution in [0.15, 0.2) is 24.3 Å². The maximum Gasteiger partial charge on any atom is 0.222 e. The second-order valence-electron chi connectivity index (χ2n) is 5.41. The molecule has 1 amide bonds. The van der Waals surface area contributed by atoms with E-state index in [0.29, 0.717) is 6.42 Å². The molecule has 1 aliphatic heterocycles. The number of amides is 1. The van der Waals surface area contributed by atoms with Crippen LogP contribution in [0.1, 0.15) is 25.8 Å². The van der Waals surface area contributed by atoms with Gasteiger partial charge in [-0.25, -0.2) is 0 Å². The highest BCUT2D eigenvalue weighted by molar-refractivity contribution is 5.76. The van der Waals surface area contributed by atoms with Crippen LogP contribution in [-0.2, 0) is 11.2 Å². The molecular formula is C16H24N2O2. The summed E-state index contributed by atoms with van der Waals surface area (Å²) in [5.41, 5.74) is 1.12.